The molecule has 0 fully saturated rings. The number of nitro groups is 1. The van der Waals surface area contributed by atoms with E-state index in [0.29, 0.717) is 0 Å². The monoisotopic (exact) mass is 307 g/mol. The second-order valence-electron chi connectivity index (χ2n) is 4.00. The Morgan fingerprint density at radius 2 is 2.05 bits per heavy atom. The summed E-state index contributed by atoms with van der Waals surface area (Å²) >= 11 is 0. The summed E-state index contributed by atoms with van der Waals surface area (Å²) in [7, 11) is 1.13. The van der Waals surface area contributed by atoms with E-state index in [1.165, 1.54) is 6.07 Å². The van der Waals surface area contributed by atoms with E-state index in [1.54, 1.807) is 0 Å². The highest BCUT2D eigenvalue weighted by molar-refractivity contribution is 5.90. The van der Waals surface area contributed by atoms with Crippen molar-refractivity contribution in [3.63, 3.8) is 0 Å². The Labute approximate surface area is 117 Å². The average Bonchev–Trinajstić information content (AvgIpc) is 2.41. The third-order valence-electron chi connectivity index (χ3n) is 2.44. The van der Waals surface area contributed by atoms with Crippen LogP contribution in [-0.4, -0.2) is 30.8 Å². The summed E-state index contributed by atoms with van der Waals surface area (Å²) in [6, 6.07) is 3.27. The minimum Gasteiger partial charge on any atom is -0.487 e. The van der Waals surface area contributed by atoms with Gasteiger partial charge in [-0.15, -0.1) is 0 Å². The van der Waals surface area contributed by atoms with Gasteiger partial charge in [0.15, 0.2) is 5.75 Å². The van der Waals surface area contributed by atoms with Crippen molar-refractivity contribution in [2.24, 2.45) is 0 Å². The molecule has 0 aromatic heterocycles. The lowest BCUT2D eigenvalue weighted by atomic mass is 10.2. The summed E-state index contributed by atoms with van der Waals surface area (Å²) in [6.45, 7) is -0.356. The second-order valence-corrected chi connectivity index (χ2v) is 4.00. The van der Waals surface area contributed by atoms with Gasteiger partial charge in [-0.2, -0.15) is 13.2 Å². The number of carbonyl (C=O) groups excluding carboxylic acids is 1. The number of alkyl halides is 3. The molecule has 0 saturated heterocycles. The maximum atomic E-state index is 12.0. The summed E-state index contributed by atoms with van der Waals surface area (Å²) < 4.78 is 45.4. The number of hydrogen-bond donors (Lipinski definition) is 0. The first-order valence-corrected chi connectivity index (χ1v) is 5.81. The summed E-state index contributed by atoms with van der Waals surface area (Å²) in [6.07, 6.45) is -5.72. The predicted octanol–water partition coefficient (Wildman–Crippen LogP) is 3.10. The fourth-order valence-electron chi connectivity index (χ4n) is 1.48. The van der Waals surface area contributed by atoms with Crippen molar-refractivity contribution in [2.75, 3.05) is 13.7 Å². The molecule has 0 unspecified atom stereocenters. The van der Waals surface area contributed by atoms with Crippen molar-refractivity contribution in [1.29, 1.82) is 0 Å². The van der Waals surface area contributed by atoms with Crippen LogP contribution in [0.25, 0.3) is 0 Å². The van der Waals surface area contributed by atoms with Crippen LogP contribution >= 0.6 is 0 Å². The zero-order valence-corrected chi connectivity index (χ0v) is 11.0. The van der Waals surface area contributed by atoms with Crippen molar-refractivity contribution in [1.82, 2.24) is 0 Å². The maximum absolute atomic E-state index is 12.0. The first-order chi connectivity index (χ1) is 9.74. The normalized spacial score (nSPS) is 11.0. The van der Waals surface area contributed by atoms with Gasteiger partial charge in [0, 0.05) is 18.6 Å². The first-order valence-electron chi connectivity index (χ1n) is 5.81. The topological polar surface area (TPSA) is 78.7 Å². The molecule has 116 valence electrons. The molecule has 6 nitrogen and oxygen atoms in total. The summed E-state index contributed by atoms with van der Waals surface area (Å²) in [5.74, 6) is -1.00. The van der Waals surface area contributed by atoms with Crippen molar-refractivity contribution in [2.45, 2.75) is 19.0 Å². The Hall–Kier alpha value is -2.32. The number of ether oxygens (including phenoxy) is 2. The molecule has 0 bridgehead atoms. The smallest absolute Gasteiger partial charge is 0.389 e. The molecule has 21 heavy (non-hydrogen) atoms. The predicted molar refractivity (Wildman–Crippen MR) is 65.2 cm³/mol. The largest absolute Gasteiger partial charge is 0.487 e. The fourth-order valence-corrected chi connectivity index (χ4v) is 1.48. The molecule has 0 heterocycles. The van der Waals surface area contributed by atoms with Crippen LogP contribution in [0.2, 0.25) is 0 Å². The quantitative estimate of drug-likeness (QED) is 0.349. The molecule has 0 radical (unpaired) electrons. The third-order valence-corrected chi connectivity index (χ3v) is 2.44. The second kappa shape index (κ2) is 6.91. The van der Waals surface area contributed by atoms with E-state index < -0.39 is 29.2 Å². The van der Waals surface area contributed by atoms with Crippen molar-refractivity contribution in [3.8, 4) is 5.75 Å². The number of esters is 1. The van der Waals surface area contributed by atoms with Crippen molar-refractivity contribution in [3.05, 3.63) is 33.9 Å². The van der Waals surface area contributed by atoms with E-state index in [4.69, 9.17) is 4.74 Å². The molecule has 0 aliphatic rings. The van der Waals surface area contributed by atoms with Crippen LogP contribution in [0, 0.1) is 10.1 Å². The van der Waals surface area contributed by atoms with Gasteiger partial charge in [-0.25, -0.2) is 4.79 Å². The van der Waals surface area contributed by atoms with Gasteiger partial charge in [0.05, 0.1) is 24.2 Å². The number of nitro benzene ring substituents is 1. The van der Waals surface area contributed by atoms with Crippen LogP contribution in [0.1, 0.15) is 23.2 Å². The number of nitrogens with zero attached hydrogens (tertiary/aromatic N) is 1. The van der Waals surface area contributed by atoms with Crippen LogP contribution in [0.5, 0.6) is 5.75 Å². The molecule has 0 aliphatic heterocycles. The number of rotatable bonds is 6. The molecule has 0 saturated carbocycles. The van der Waals surface area contributed by atoms with Gasteiger partial charge in [-0.1, -0.05) is 0 Å². The van der Waals surface area contributed by atoms with Gasteiger partial charge < -0.3 is 9.47 Å². The minimum atomic E-state index is -4.32. The number of methoxy groups -OCH3 is 1. The molecule has 0 aliphatic carbocycles. The Balaban J connectivity index is 2.82. The number of benzene rings is 1. The highest BCUT2D eigenvalue weighted by Crippen LogP contribution is 2.29. The van der Waals surface area contributed by atoms with Crippen LogP contribution in [-0.2, 0) is 4.74 Å². The van der Waals surface area contributed by atoms with Crippen LogP contribution in [0.4, 0.5) is 18.9 Å². The molecule has 1 rings (SSSR count). The van der Waals surface area contributed by atoms with Crippen LogP contribution in [0.3, 0.4) is 0 Å². The molecule has 0 N–H and O–H groups in total. The average molecular weight is 307 g/mol. The SMILES string of the molecule is COC(=O)c1ccc([N+](=O)[O-])c(OCCCC(F)(F)F)c1. The van der Waals surface area contributed by atoms with E-state index in [2.05, 4.69) is 4.74 Å². The van der Waals surface area contributed by atoms with E-state index in [-0.39, 0.29) is 24.3 Å². The lowest BCUT2D eigenvalue weighted by Gasteiger charge is -2.09. The van der Waals surface area contributed by atoms with Crippen LogP contribution in [0.15, 0.2) is 18.2 Å². The van der Waals surface area contributed by atoms with E-state index in [9.17, 15) is 28.1 Å². The van der Waals surface area contributed by atoms with Crippen molar-refractivity contribution < 1.29 is 32.4 Å². The van der Waals surface area contributed by atoms with Gasteiger partial charge in [0.1, 0.15) is 0 Å². The van der Waals surface area contributed by atoms with Gasteiger partial charge in [-0.3, -0.25) is 10.1 Å². The van der Waals surface area contributed by atoms with Gasteiger partial charge in [0.2, 0.25) is 0 Å². The highest BCUT2D eigenvalue weighted by atomic mass is 19.4. The minimum absolute atomic E-state index is 0.00826. The Kier molecular flexibility index (Phi) is 5.51. The lowest BCUT2D eigenvalue weighted by molar-refractivity contribution is -0.385. The standard InChI is InChI=1S/C12H12F3NO5/c1-20-11(17)8-3-4-9(16(18)19)10(7-8)21-6-2-5-12(13,14)15/h3-4,7H,2,5-6H2,1H3. The molecule has 1 aromatic carbocycles. The van der Waals surface area contributed by atoms with Gasteiger partial charge >= 0.3 is 17.8 Å². The summed E-state index contributed by atoms with van der Waals surface area (Å²) in [5, 5.41) is 10.8. The lowest BCUT2D eigenvalue weighted by Crippen LogP contribution is -2.10. The van der Waals surface area contributed by atoms with Gasteiger partial charge in [0.25, 0.3) is 0 Å². The molecule has 1 aromatic rings. The zero-order valence-electron chi connectivity index (χ0n) is 11.0. The molecule has 9 heteroatoms. The number of carbonyl (C=O) groups is 1. The Morgan fingerprint density at radius 1 is 1.38 bits per heavy atom. The Bertz CT molecular complexity index is 530. The molecular weight excluding hydrogens is 295 g/mol. The first kappa shape index (κ1) is 16.7. The molecule has 0 spiro atoms. The van der Waals surface area contributed by atoms with Gasteiger partial charge in [-0.05, 0) is 12.5 Å². The third kappa shape index (κ3) is 5.28. The van der Waals surface area contributed by atoms with Crippen molar-refractivity contribution >= 4 is 11.7 Å². The van der Waals surface area contributed by atoms with E-state index >= 15 is 0 Å². The Morgan fingerprint density at radius 3 is 2.57 bits per heavy atom. The van der Waals surface area contributed by atoms with E-state index in [0.717, 1.165) is 19.2 Å². The summed E-state index contributed by atoms with van der Waals surface area (Å²) in [4.78, 5) is 21.4. The zero-order chi connectivity index (χ0) is 16.0. The molecule has 0 atom stereocenters. The molecular formula is C12H12F3NO5. The maximum Gasteiger partial charge on any atom is 0.389 e. The number of halogens is 3. The molecule has 0 amide bonds. The summed E-state index contributed by atoms with van der Waals surface area (Å²) in [5.41, 5.74) is -0.427. The van der Waals surface area contributed by atoms with E-state index in [1.807, 2.05) is 0 Å². The number of hydrogen-bond acceptors (Lipinski definition) is 5. The van der Waals surface area contributed by atoms with Crippen LogP contribution < -0.4 is 4.74 Å². The fraction of sp³-hybridized carbons (Fsp3) is 0.417. The highest BCUT2D eigenvalue weighted by Gasteiger charge is 2.26.